The number of amides is 1. The van der Waals surface area contributed by atoms with Gasteiger partial charge in [-0.15, -0.1) is 10.2 Å². The van der Waals surface area contributed by atoms with Gasteiger partial charge in [-0.25, -0.2) is 13.1 Å². The molecule has 0 aromatic carbocycles. The van der Waals surface area contributed by atoms with Crippen molar-refractivity contribution in [1.29, 1.82) is 0 Å². The molecule has 9 heteroatoms. The van der Waals surface area contributed by atoms with Crippen molar-refractivity contribution in [1.82, 2.24) is 14.9 Å². The van der Waals surface area contributed by atoms with E-state index in [2.05, 4.69) is 20.2 Å². The summed E-state index contributed by atoms with van der Waals surface area (Å²) in [7, 11) is -3.63. The monoisotopic (exact) mass is 304 g/mol. The van der Waals surface area contributed by atoms with Crippen molar-refractivity contribution in [2.75, 3.05) is 5.32 Å². The van der Waals surface area contributed by atoms with Crippen molar-refractivity contribution < 1.29 is 13.2 Å². The topological polar surface area (TPSA) is 101 Å². The summed E-state index contributed by atoms with van der Waals surface area (Å²) in [5, 5.41) is 9.85. The van der Waals surface area contributed by atoms with Crippen molar-refractivity contribution in [2.45, 2.75) is 49.4 Å². The van der Waals surface area contributed by atoms with E-state index in [1.807, 2.05) is 0 Å². The predicted octanol–water partition coefficient (Wildman–Crippen LogP) is 1.11. The van der Waals surface area contributed by atoms with Crippen LogP contribution in [0, 0.1) is 0 Å². The summed E-state index contributed by atoms with van der Waals surface area (Å²) in [5.41, 5.74) is 0. The third kappa shape index (κ3) is 3.95. The summed E-state index contributed by atoms with van der Waals surface area (Å²) in [6.45, 7) is 1.33. The van der Waals surface area contributed by atoms with E-state index in [4.69, 9.17) is 0 Å². The molecule has 0 unspecified atom stereocenters. The van der Waals surface area contributed by atoms with Crippen LogP contribution in [0.1, 0.15) is 39.0 Å². The van der Waals surface area contributed by atoms with Gasteiger partial charge in [0.25, 0.3) is 10.0 Å². The number of hydrogen-bond donors (Lipinski definition) is 2. The van der Waals surface area contributed by atoms with Gasteiger partial charge in [-0.1, -0.05) is 30.6 Å². The summed E-state index contributed by atoms with van der Waals surface area (Å²) in [5.74, 6) is -0.305. The number of carbonyl (C=O) groups is 1. The van der Waals surface area contributed by atoms with Crippen LogP contribution in [0.2, 0.25) is 0 Å². The van der Waals surface area contributed by atoms with Crippen LogP contribution in [0.5, 0.6) is 0 Å². The minimum atomic E-state index is -3.63. The zero-order valence-electron chi connectivity index (χ0n) is 10.5. The summed E-state index contributed by atoms with van der Waals surface area (Å²) in [6, 6.07) is -0.0214. The van der Waals surface area contributed by atoms with E-state index in [-0.39, 0.29) is 21.4 Å². The van der Waals surface area contributed by atoms with Crippen molar-refractivity contribution in [3.05, 3.63) is 0 Å². The van der Waals surface area contributed by atoms with Crippen LogP contribution in [0.4, 0.5) is 5.13 Å². The number of carbonyl (C=O) groups excluding carboxylic acids is 1. The third-order valence-corrected chi connectivity index (χ3v) is 5.57. The van der Waals surface area contributed by atoms with Crippen molar-refractivity contribution >= 4 is 32.4 Å². The molecule has 1 aromatic rings. The number of aromatic nitrogens is 2. The lowest BCUT2D eigenvalue weighted by molar-refractivity contribution is -0.114. The zero-order chi connectivity index (χ0) is 13.9. The second-order valence-corrected chi connectivity index (χ2v) is 7.38. The Labute approximate surface area is 115 Å². The fourth-order valence-electron chi connectivity index (χ4n) is 2.01. The maximum absolute atomic E-state index is 12.1. The van der Waals surface area contributed by atoms with Gasteiger partial charge >= 0.3 is 0 Å². The molecule has 2 rings (SSSR count). The van der Waals surface area contributed by atoms with Gasteiger partial charge in [0.05, 0.1) is 0 Å². The van der Waals surface area contributed by atoms with Crippen molar-refractivity contribution in [2.24, 2.45) is 0 Å². The van der Waals surface area contributed by atoms with Crippen LogP contribution in [0.15, 0.2) is 4.34 Å². The molecule has 0 atom stereocenters. The van der Waals surface area contributed by atoms with E-state index >= 15 is 0 Å². The molecule has 1 aromatic heterocycles. The molecule has 1 heterocycles. The minimum Gasteiger partial charge on any atom is -0.301 e. The Morgan fingerprint density at radius 2 is 1.95 bits per heavy atom. The van der Waals surface area contributed by atoms with Crippen LogP contribution in [-0.4, -0.2) is 30.6 Å². The average Bonchev–Trinajstić information content (AvgIpc) is 2.78. The summed E-state index contributed by atoms with van der Waals surface area (Å²) < 4.78 is 26.7. The van der Waals surface area contributed by atoms with E-state index in [1.54, 1.807) is 0 Å². The van der Waals surface area contributed by atoms with Gasteiger partial charge in [0, 0.05) is 13.0 Å². The number of nitrogens with one attached hydrogen (secondary N) is 2. The molecular formula is C10H16N4O3S2. The molecule has 0 saturated heterocycles. The fraction of sp³-hybridized carbons (Fsp3) is 0.700. The normalized spacial score (nSPS) is 17.3. The molecule has 1 fully saturated rings. The Bertz CT molecular complexity index is 549. The number of sulfonamides is 1. The first kappa shape index (κ1) is 14.4. The average molecular weight is 304 g/mol. The Hall–Kier alpha value is -1.06. The van der Waals surface area contributed by atoms with E-state index in [1.165, 1.54) is 6.92 Å². The molecule has 0 aliphatic heterocycles. The summed E-state index contributed by atoms with van der Waals surface area (Å²) in [6.07, 6.45) is 4.96. The van der Waals surface area contributed by atoms with E-state index in [0.29, 0.717) is 0 Å². The lowest BCUT2D eigenvalue weighted by Gasteiger charge is -2.21. The molecule has 7 nitrogen and oxygen atoms in total. The minimum absolute atomic E-state index is 0.0214. The van der Waals surface area contributed by atoms with Gasteiger partial charge in [0.2, 0.25) is 15.4 Å². The van der Waals surface area contributed by atoms with Crippen LogP contribution < -0.4 is 10.0 Å². The molecule has 0 spiro atoms. The summed E-state index contributed by atoms with van der Waals surface area (Å²) >= 11 is 0.852. The van der Waals surface area contributed by atoms with Gasteiger partial charge in [-0.05, 0) is 12.8 Å². The second-order valence-electron chi connectivity index (χ2n) is 4.51. The SMILES string of the molecule is CC(=O)Nc1nnc(S(=O)(=O)NC2CCCCC2)s1. The van der Waals surface area contributed by atoms with Gasteiger partial charge < -0.3 is 5.32 Å². The molecule has 0 radical (unpaired) electrons. The van der Waals surface area contributed by atoms with Gasteiger partial charge in [-0.3, -0.25) is 4.79 Å². The van der Waals surface area contributed by atoms with E-state index in [0.717, 1.165) is 43.4 Å². The lowest BCUT2D eigenvalue weighted by atomic mass is 9.96. The molecule has 0 bridgehead atoms. The predicted molar refractivity (Wildman–Crippen MR) is 71.4 cm³/mol. The Morgan fingerprint density at radius 1 is 1.26 bits per heavy atom. The van der Waals surface area contributed by atoms with E-state index < -0.39 is 10.0 Å². The van der Waals surface area contributed by atoms with Gasteiger partial charge in [0.1, 0.15) is 0 Å². The first-order chi connectivity index (χ1) is 8.97. The van der Waals surface area contributed by atoms with Crippen molar-refractivity contribution in [3.8, 4) is 0 Å². The quantitative estimate of drug-likeness (QED) is 0.811. The third-order valence-electron chi connectivity index (χ3n) is 2.85. The second kappa shape index (κ2) is 5.93. The zero-order valence-corrected chi connectivity index (χ0v) is 12.2. The lowest BCUT2D eigenvalue weighted by Crippen LogP contribution is -2.36. The van der Waals surface area contributed by atoms with Crippen LogP contribution >= 0.6 is 11.3 Å². The van der Waals surface area contributed by atoms with Gasteiger partial charge in [-0.2, -0.15) is 0 Å². The number of anilines is 1. The molecule has 106 valence electrons. The molecule has 1 aliphatic rings. The highest BCUT2D eigenvalue weighted by Crippen LogP contribution is 2.23. The number of rotatable bonds is 4. The van der Waals surface area contributed by atoms with Crippen molar-refractivity contribution in [3.63, 3.8) is 0 Å². The van der Waals surface area contributed by atoms with E-state index in [9.17, 15) is 13.2 Å². The molecule has 1 saturated carbocycles. The first-order valence-electron chi connectivity index (χ1n) is 6.11. The Kier molecular flexibility index (Phi) is 4.48. The standard InChI is InChI=1S/C10H16N4O3S2/c1-7(15)11-9-12-13-10(18-9)19(16,17)14-8-5-3-2-4-6-8/h8,14H,2-6H2,1H3,(H,11,12,15). The number of hydrogen-bond acceptors (Lipinski definition) is 6. The molecule has 1 amide bonds. The highest BCUT2D eigenvalue weighted by atomic mass is 32.2. The highest BCUT2D eigenvalue weighted by Gasteiger charge is 2.25. The van der Waals surface area contributed by atoms with Crippen LogP contribution in [0.3, 0.4) is 0 Å². The first-order valence-corrected chi connectivity index (χ1v) is 8.41. The summed E-state index contributed by atoms with van der Waals surface area (Å²) in [4.78, 5) is 10.9. The van der Waals surface area contributed by atoms with Crippen LogP contribution in [0.25, 0.3) is 0 Å². The Balaban J connectivity index is 2.06. The highest BCUT2D eigenvalue weighted by molar-refractivity contribution is 7.91. The van der Waals surface area contributed by atoms with Gasteiger partial charge in [0.15, 0.2) is 0 Å². The fourth-order valence-corrected chi connectivity index (χ4v) is 4.28. The smallest absolute Gasteiger partial charge is 0.270 e. The molecular weight excluding hydrogens is 288 g/mol. The molecule has 19 heavy (non-hydrogen) atoms. The maximum atomic E-state index is 12.1. The molecule has 2 N–H and O–H groups in total. The molecule has 1 aliphatic carbocycles. The van der Waals surface area contributed by atoms with Crippen LogP contribution in [-0.2, 0) is 14.8 Å². The largest absolute Gasteiger partial charge is 0.301 e. The maximum Gasteiger partial charge on any atom is 0.270 e. The number of nitrogens with zero attached hydrogens (tertiary/aromatic N) is 2. The Morgan fingerprint density at radius 3 is 2.58 bits per heavy atom.